The lowest BCUT2D eigenvalue weighted by atomic mass is 10.1. The Hall–Kier alpha value is -3.40. The molecule has 3 aromatic rings. The fraction of sp³-hybridized carbons (Fsp3) is 0.160. The van der Waals surface area contributed by atoms with Crippen molar-refractivity contribution in [2.24, 2.45) is 0 Å². The van der Waals surface area contributed by atoms with Crippen molar-refractivity contribution in [1.82, 2.24) is 4.90 Å². The van der Waals surface area contributed by atoms with Crippen LogP contribution in [0.3, 0.4) is 0 Å². The van der Waals surface area contributed by atoms with Crippen LogP contribution < -0.4 is 4.72 Å². The minimum absolute atomic E-state index is 0.0347. The summed E-state index contributed by atoms with van der Waals surface area (Å²) in [5, 5.41) is 0.478. The number of amides is 2. The number of imide groups is 1. The lowest BCUT2D eigenvalue weighted by Gasteiger charge is -2.27. The number of carbonyl (C=O) groups is 3. The van der Waals surface area contributed by atoms with E-state index in [2.05, 4.69) is 9.46 Å². The van der Waals surface area contributed by atoms with E-state index in [1.165, 1.54) is 43.5 Å². The molecule has 1 heterocycles. The van der Waals surface area contributed by atoms with E-state index in [0.717, 1.165) is 4.90 Å². The van der Waals surface area contributed by atoms with Crippen molar-refractivity contribution in [2.45, 2.75) is 12.5 Å². The molecule has 3 aromatic carbocycles. The zero-order valence-corrected chi connectivity index (χ0v) is 21.2. The minimum Gasteiger partial charge on any atom is -0.465 e. The van der Waals surface area contributed by atoms with Gasteiger partial charge in [0.05, 0.1) is 45.6 Å². The zero-order chi connectivity index (χ0) is 26.0. The van der Waals surface area contributed by atoms with Gasteiger partial charge in [0, 0.05) is 5.69 Å². The van der Waals surface area contributed by atoms with E-state index in [1.807, 2.05) is 0 Å². The Balaban J connectivity index is 1.65. The molecule has 0 spiro atoms. The van der Waals surface area contributed by atoms with Crippen molar-refractivity contribution in [1.29, 1.82) is 0 Å². The SMILES string of the molecule is COC(=O)c1ccc(NS(=O)(=O)CC(Cc2cccc(Cl)c2Cl)N2C(=O)c3ccccc3C2=O)cc1. The summed E-state index contributed by atoms with van der Waals surface area (Å²) in [6.07, 6.45) is -0.0347. The number of carbonyl (C=O) groups excluding carboxylic acids is 3. The smallest absolute Gasteiger partial charge is 0.337 e. The Morgan fingerprint density at radius 3 is 2.14 bits per heavy atom. The molecule has 1 unspecified atom stereocenters. The number of methoxy groups -OCH3 is 1. The summed E-state index contributed by atoms with van der Waals surface area (Å²) in [6, 6.07) is 15.8. The molecule has 0 saturated carbocycles. The molecule has 1 aliphatic rings. The van der Waals surface area contributed by atoms with Gasteiger partial charge in [0.15, 0.2) is 0 Å². The van der Waals surface area contributed by atoms with Crippen molar-refractivity contribution < 1.29 is 27.5 Å². The summed E-state index contributed by atoms with van der Waals surface area (Å²) in [5.41, 5.74) is 1.34. The monoisotopic (exact) mass is 546 g/mol. The molecule has 8 nitrogen and oxygen atoms in total. The largest absolute Gasteiger partial charge is 0.465 e. The molecule has 186 valence electrons. The fourth-order valence-corrected chi connectivity index (χ4v) is 5.74. The van der Waals surface area contributed by atoms with E-state index in [-0.39, 0.29) is 38.8 Å². The first kappa shape index (κ1) is 25.7. The number of hydrogen-bond acceptors (Lipinski definition) is 6. The van der Waals surface area contributed by atoms with Crippen LogP contribution in [0, 0.1) is 0 Å². The normalized spacial score (nSPS) is 13.9. The third kappa shape index (κ3) is 5.23. The van der Waals surface area contributed by atoms with Gasteiger partial charge >= 0.3 is 5.97 Å². The number of ether oxygens (including phenoxy) is 1. The number of rotatable bonds is 8. The van der Waals surface area contributed by atoms with Crippen molar-refractivity contribution in [2.75, 3.05) is 17.6 Å². The summed E-state index contributed by atoms with van der Waals surface area (Å²) < 4.78 is 33.4. The molecule has 1 atom stereocenters. The van der Waals surface area contributed by atoms with E-state index >= 15 is 0 Å². The van der Waals surface area contributed by atoms with Gasteiger partial charge in [-0.25, -0.2) is 13.2 Å². The van der Waals surface area contributed by atoms with Gasteiger partial charge in [0.1, 0.15) is 0 Å². The molecule has 4 rings (SSSR count). The highest BCUT2D eigenvalue weighted by molar-refractivity contribution is 7.92. The van der Waals surface area contributed by atoms with Crippen LogP contribution in [0.25, 0.3) is 0 Å². The predicted octanol–water partition coefficient (Wildman–Crippen LogP) is 4.43. The standard InChI is InChI=1S/C25H20Cl2N2O6S/c1-35-25(32)15-9-11-17(12-10-15)28-36(33,34)14-18(13-16-5-4-8-21(26)22(16)27)29-23(30)19-6-2-3-7-20(19)24(29)31/h2-12,18,28H,13-14H2,1H3. The Morgan fingerprint density at radius 2 is 1.56 bits per heavy atom. The van der Waals surface area contributed by atoms with E-state index in [4.69, 9.17) is 23.2 Å². The van der Waals surface area contributed by atoms with Crippen LogP contribution >= 0.6 is 23.2 Å². The van der Waals surface area contributed by atoms with Crippen LogP contribution in [0.4, 0.5) is 5.69 Å². The van der Waals surface area contributed by atoms with Gasteiger partial charge < -0.3 is 4.74 Å². The first-order valence-corrected chi connectivity index (χ1v) is 13.1. The van der Waals surface area contributed by atoms with E-state index < -0.39 is 39.6 Å². The molecule has 0 aliphatic carbocycles. The molecule has 0 saturated heterocycles. The topological polar surface area (TPSA) is 110 Å². The lowest BCUT2D eigenvalue weighted by Crippen LogP contribution is -2.46. The predicted molar refractivity (Wildman–Crippen MR) is 136 cm³/mol. The average molecular weight is 547 g/mol. The van der Waals surface area contributed by atoms with Crippen molar-refractivity contribution in [3.63, 3.8) is 0 Å². The Kier molecular flexibility index (Phi) is 7.35. The van der Waals surface area contributed by atoms with Crippen molar-refractivity contribution >= 4 is 56.7 Å². The number of halogens is 2. The molecule has 36 heavy (non-hydrogen) atoms. The van der Waals surface area contributed by atoms with Crippen LogP contribution in [0.15, 0.2) is 66.7 Å². The molecule has 0 fully saturated rings. The van der Waals surface area contributed by atoms with Crippen LogP contribution in [-0.2, 0) is 21.2 Å². The Labute approximate surface area is 217 Å². The fourth-order valence-electron chi connectivity index (χ4n) is 3.99. The van der Waals surface area contributed by atoms with Crippen LogP contribution in [0.2, 0.25) is 10.0 Å². The highest BCUT2D eigenvalue weighted by atomic mass is 35.5. The van der Waals surface area contributed by atoms with Gasteiger partial charge in [-0.1, -0.05) is 47.5 Å². The number of benzene rings is 3. The minimum atomic E-state index is -4.08. The number of hydrogen-bond donors (Lipinski definition) is 1. The molecular weight excluding hydrogens is 527 g/mol. The number of nitrogens with zero attached hydrogens (tertiary/aromatic N) is 1. The average Bonchev–Trinajstić information content (AvgIpc) is 3.11. The molecule has 1 aliphatic heterocycles. The van der Waals surface area contributed by atoms with Crippen LogP contribution in [0.5, 0.6) is 0 Å². The molecule has 1 N–H and O–H groups in total. The molecule has 0 bridgehead atoms. The van der Waals surface area contributed by atoms with Gasteiger partial charge in [-0.05, 0) is 54.4 Å². The lowest BCUT2D eigenvalue weighted by molar-refractivity contribution is 0.0588. The number of anilines is 1. The first-order valence-electron chi connectivity index (χ1n) is 10.7. The summed E-state index contributed by atoms with van der Waals surface area (Å²) in [6.45, 7) is 0. The maximum Gasteiger partial charge on any atom is 0.337 e. The maximum atomic E-state index is 13.2. The van der Waals surface area contributed by atoms with Crippen molar-refractivity contribution in [3.8, 4) is 0 Å². The number of fused-ring (bicyclic) bond motifs is 1. The van der Waals surface area contributed by atoms with Gasteiger partial charge in [-0.15, -0.1) is 0 Å². The van der Waals surface area contributed by atoms with Gasteiger partial charge in [-0.2, -0.15) is 0 Å². The molecule has 0 aromatic heterocycles. The van der Waals surface area contributed by atoms with Gasteiger partial charge in [-0.3, -0.25) is 19.2 Å². The van der Waals surface area contributed by atoms with Crippen LogP contribution in [0.1, 0.15) is 36.6 Å². The molecular formula is C25H20Cl2N2O6S. The third-order valence-corrected chi connectivity index (χ3v) is 7.90. The molecule has 2 amide bonds. The van der Waals surface area contributed by atoms with E-state index in [1.54, 1.807) is 30.3 Å². The quantitative estimate of drug-likeness (QED) is 0.330. The summed E-state index contributed by atoms with van der Waals surface area (Å²) in [4.78, 5) is 38.9. The van der Waals surface area contributed by atoms with Crippen molar-refractivity contribution in [3.05, 3.63) is 99.0 Å². The second-order valence-corrected chi connectivity index (χ2v) is 10.6. The third-order valence-electron chi connectivity index (χ3n) is 5.67. The number of nitrogens with one attached hydrogen (secondary N) is 1. The highest BCUT2D eigenvalue weighted by Gasteiger charge is 2.41. The summed E-state index contributed by atoms with van der Waals surface area (Å²) in [7, 11) is -2.83. The summed E-state index contributed by atoms with van der Waals surface area (Å²) >= 11 is 12.5. The van der Waals surface area contributed by atoms with Gasteiger partial charge in [0.2, 0.25) is 10.0 Å². The molecule has 11 heteroatoms. The Morgan fingerprint density at radius 1 is 0.944 bits per heavy atom. The zero-order valence-electron chi connectivity index (χ0n) is 18.9. The Bertz CT molecular complexity index is 1420. The second kappa shape index (κ2) is 10.3. The van der Waals surface area contributed by atoms with Crippen LogP contribution in [-0.4, -0.2) is 50.0 Å². The second-order valence-electron chi connectivity index (χ2n) is 8.05. The first-order chi connectivity index (χ1) is 17.1. The van der Waals surface area contributed by atoms with E-state index in [0.29, 0.717) is 5.56 Å². The van der Waals surface area contributed by atoms with E-state index in [9.17, 15) is 22.8 Å². The summed E-state index contributed by atoms with van der Waals surface area (Å²) in [5.74, 6) is -2.33. The van der Waals surface area contributed by atoms with Gasteiger partial charge in [0.25, 0.3) is 11.8 Å². The molecule has 0 radical (unpaired) electrons. The maximum absolute atomic E-state index is 13.2. The number of esters is 1. The highest BCUT2D eigenvalue weighted by Crippen LogP contribution is 2.31. The number of sulfonamides is 1.